The minimum Gasteiger partial charge on any atom is -0.497 e. The first-order chi connectivity index (χ1) is 13.9. The van der Waals surface area contributed by atoms with Crippen LogP contribution in [0, 0.1) is 6.92 Å². The first kappa shape index (κ1) is 20.1. The molecule has 7 nitrogen and oxygen atoms in total. The summed E-state index contributed by atoms with van der Waals surface area (Å²) in [5.74, 6) is -0.112. The largest absolute Gasteiger partial charge is 0.497 e. The fraction of sp³-hybridized carbons (Fsp3) is 0.227. The Labute approximate surface area is 169 Å². The van der Waals surface area contributed by atoms with Gasteiger partial charge < -0.3 is 15.0 Å². The third kappa shape index (κ3) is 4.29. The van der Waals surface area contributed by atoms with Gasteiger partial charge in [0.05, 0.1) is 19.2 Å². The molecule has 0 spiro atoms. The maximum Gasteiger partial charge on any atom is 0.332 e. The Morgan fingerprint density at radius 3 is 2.55 bits per heavy atom. The zero-order valence-electron chi connectivity index (χ0n) is 16.4. The van der Waals surface area contributed by atoms with Crippen LogP contribution >= 0.6 is 0 Å². The van der Waals surface area contributed by atoms with Gasteiger partial charge in [-0.1, -0.05) is 18.2 Å². The summed E-state index contributed by atoms with van der Waals surface area (Å²) in [4.78, 5) is 40.9. The van der Waals surface area contributed by atoms with Crippen molar-refractivity contribution in [1.29, 1.82) is 0 Å². The summed E-state index contributed by atoms with van der Waals surface area (Å²) in [5.41, 5.74) is 2.00. The predicted octanol–water partition coefficient (Wildman–Crippen LogP) is 3.36. The van der Waals surface area contributed by atoms with Crippen LogP contribution in [-0.2, 0) is 9.59 Å². The van der Waals surface area contributed by atoms with Crippen LogP contribution in [0.1, 0.15) is 12.0 Å². The van der Waals surface area contributed by atoms with Gasteiger partial charge in [0, 0.05) is 12.2 Å². The maximum atomic E-state index is 13.0. The zero-order chi connectivity index (χ0) is 21.0. The van der Waals surface area contributed by atoms with E-state index in [4.69, 9.17) is 4.74 Å². The number of aryl methyl sites for hydroxylation is 1. The third-order valence-corrected chi connectivity index (χ3v) is 4.66. The summed E-state index contributed by atoms with van der Waals surface area (Å²) in [6.45, 7) is 5.72. The number of nitrogens with one attached hydrogen (secondary N) is 1. The Balaban J connectivity index is 1.78. The molecule has 1 atom stereocenters. The van der Waals surface area contributed by atoms with Crippen LogP contribution in [0.5, 0.6) is 5.75 Å². The van der Waals surface area contributed by atoms with Crippen molar-refractivity contribution in [2.24, 2.45) is 0 Å². The lowest BCUT2D eigenvalue weighted by molar-refractivity contribution is -0.124. The van der Waals surface area contributed by atoms with Crippen LogP contribution in [-0.4, -0.2) is 42.4 Å². The average molecular weight is 393 g/mol. The average Bonchev–Trinajstić information content (AvgIpc) is 2.93. The van der Waals surface area contributed by atoms with Gasteiger partial charge in [-0.15, -0.1) is 6.58 Å². The quantitative estimate of drug-likeness (QED) is 0.578. The fourth-order valence-electron chi connectivity index (χ4n) is 3.25. The summed E-state index contributed by atoms with van der Waals surface area (Å²) >= 11 is 0. The molecule has 150 valence electrons. The van der Waals surface area contributed by atoms with Gasteiger partial charge >= 0.3 is 6.03 Å². The summed E-state index contributed by atoms with van der Waals surface area (Å²) < 4.78 is 5.09. The van der Waals surface area contributed by atoms with E-state index in [9.17, 15) is 14.4 Å². The molecule has 2 aromatic rings. The molecular formula is C22H23N3O4. The normalized spacial score (nSPS) is 16.1. The van der Waals surface area contributed by atoms with Crippen molar-refractivity contribution in [2.75, 3.05) is 23.9 Å². The van der Waals surface area contributed by atoms with E-state index in [-0.39, 0.29) is 18.9 Å². The van der Waals surface area contributed by atoms with E-state index < -0.39 is 18.0 Å². The highest BCUT2D eigenvalue weighted by atomic mass is 16.5. The van der Waals surface area contributed by atoms with Crippen LogP contribution in [0.15, 0.2) is 61.2 Å². The number of hydrogen-bond donors (Lipinski definition) is 1. The number of methoxy groups -OCH3 is 1. The molecule has 7 heteroatoms. The molecule has 1 fully saturated rings. The molecule has 3 rings (SSSR count). The second-order valence-corrected chi connectivity index (χ2v) is 6.73. The van der Waals surface area contributed by atoms with E-state index in [0.717, 1.165) is 10.5 Å². The van der Waals surface area contributed by atoms with Gasteiger partial charge in [-0.25, -0.2) is 9.69 Å². The number of ether oxygens (including phenoxy) is 1. The standard InChI is InChI=1S/C22H23N3O4/c1-4-12-24-19(14-20(26)23-16-8-10-18(29-3)11-9-16)21(27)25(22(24)28)17-7-5-6-15(2)13-17/h4-11,13,19H,1,12,14H2,2-3H3,(H,23,26)/t19-/m0/s1. The second kappa shape index (κ2) is 8.60. The van der Waals surface area contributed by atoms with Gasteiger partial charge in [-0.3, -0.25) is 9.59 Å². The first-order valence-corrected chi connectivity index (χ1v) is 9.20. The van der Waals surface area contributed by atoms with E-state index in [1.165, 1.54) is 4.90 Å². The number of anilines is 2. The van der Waals surface area contributed by atoms with Gasteiger partial charge in [0.2, 0.25) is 5.91 Å². The number of nitrogens with zero attached hydrogens (tertiary/aromatic N) is 2. The molecule has 4 amide bonds. The Hall–Kier alpha value is -3.61. The minimum absolute atomic E-state index is 0.146. The SMILES string of the molecule is C=CCN1C(=O)N(c2cccc(C)c2)C(=O)[C@@H]1CC(=O)Nc1ccc(OC)cc1. The minimum atomic E-state index is -0.890. The Morgan fingerprint density at radius 2 is 1.93 bits per heavy atom. The molecule has 0 aliphatic carbocycles. The second-order valence-electron chi connectivity index (χ2n) is 6.73. The van der Waals surface area contributed by atoms with Gasteiger partial charge in [-0.05, 0) is 48.9 Å². The highest BCUT2D eigenvalue weighted by molar-refractivity contribution is 6.22. The number of rotatable bonds is 7. The third-order valence-electron chi connectivity index (χ3n) is 4.66. The van der Waals surface area contributed by atoms with Crippen LogP contribution in [0.25, 0.3) is 0 Å². The number of urea groups is 1. The fourth-order valence-corrected chi connectivity index (χ4v) is 3.25. The van der Waals surface area contributed by atoms with E-state index in [1.54, 1.807) is 55.7 Å². The summed E-state index contributed by atoms with van der Waals surface area (Å²) in [6.07, 6.45) is 1.39. The van der Waals surface area contributed by atoms with Gasteiger partial charge in [-0.2, -0.15) is 0 Å². The Kier molecular flexibility index (Phi) is 5.97. The molecule has 1 N–H and O–H groups in total. The number of amides is 4. The molecule has 29 heavy (non-hydrogen) atoms. The molecule has 1 saturated heterocycles. The number of benzene rings is 2. The van der Waals surface area contributed by atoms with E-state index >= 15 is 0 Å². The van der Waals surface area contributed by atoms with E-state index in [1.807, 2.05) is 13.0 Å². The molecule has 1 aliphatic rings. The number of hydrogen-bond acceptors (Lipinski definition) is 4. The Bertz CT molecular complexity index is 939. The van der Waals surface area contributed by atoms with Crippen molar-refractivity contribution in [1.82, 2.24) is 4.90 Å². The summed E-state index contributed by atoms with van der Waals surface area (Å²) in [6, 6.07) is 12.7. The summed E-state index contributed by atoms with van der Waals surface area (Å²) in [5, 5.41) is 2.75. The molecule has 0 radical (unpaired) electrons. The molecule has 2 aromatic carbocycles. The molecular weight excluding hydrogens is 370 g/mol. The van der Waals surface area contributed by atoms with Crippen molar-refractivity contribution in [3.63, 3.8) is 0 Å². The van der Waals surface area contributed by atoms with Crippen LogP contribution in [0.4, 0.5) is 16.2 Å². The van der Waals surface area contributed by atoms with Gasteiger partial charge in [0.1, 0.15) is 11.8 Å². The van der Waals surface area contributed by atoms with Gasteiger partial charge in [0.25, 0.3) is 5.91 Å². The maximum absolute atomic E-state index is 13.0. The molecule has 0 saturated carbocycles. The highest BCUT2D eigenvalue weighted by Crippen LogP contribution is 2.27. The molecule has 1 heterocycles. The van der Waals surface area contributed by atoms with Gasteiger partial charge in [0.15, 0.2) is 0 Å². The summed E-state index contributed by atoms with van der Waals surface area (Å²) in [7, 11) is 1.56. The number of carbonyl (C=O) groups excluding carboxylic acids is 3. The first-order valence-electron chi connectivity index (χ1n) is 9.20. The van der Waals surface area contributed by atoms with Crippen molar-refractivity contribution < 1.29 is 19.1 Å². The van der Waals surface area contributed by atoms with Crippen LogP contribution in [0.2, 0.25) is 0 Å². The van der Waals surface area contributed by atoms with Crippen molar-refractivity contribution in [3.05, 3.63) is 66.7 Å². The lowest BCUT2D eigenvalue weighted by Gasteiger charge is -2.19. The molecule has 1 aliphatic heterocycles. The van der Waals surface area contributed by atoms with Crippen LogP contribution in [0.3, 0.4) is 0 Å². The predicted molar refractivity (Wildman–Crippen MR) is 111 cm³/mol. The molecule has 0 aromatic heterocycles. The van der Waals surface area contributed by atoms with Crippen molar-refractivity contribution >= 4 is 29.2 Å². The number of imide groups is 1. The smallest absolute Gasteiger partial charge is 0.332 e. The molecule has 0 unspecified atom stereocenters. The van der Waals surface area contributed by atoms with E-state index in [0.29, 0.717) is 17.1 Å². The highest BCUT2D eigenvalue weighted by Gasteiger charge is 2.46. The van der Waals surface area contributed by atoms with Crippen LogP contribution < -0.4 is 15.0 Å². The zero-order valence-corrected chi connectivity index (χ0v) is 16.4. The van der Waals surface area contributed by atoms with Crippen molar-refractivity contribution in [3.8, 4) is 5.75 Å². The topological polar surface area (TPSA) is 79.0 Å². The Morgan fingerprint density at radius 1 is 1.21 bits per heavy atom. The van der Waals surface area contributed by atoms with Crippen molar-refractivity contribution in [2.45, 2.75) is 19.4 Å². The monoisotopic (exact) mass is 393 g/mol. The molecule has 0 bridgehead atoms. The van der Waals surface area contributed by atoms with E-state index in [2.05, 4.69) is 11.9 Å². The lowest BCUT2D eigenvalue weighted by atomic mass is 10.1. The number of carbonyl (C=O) groups is 3. The lowest BCUT2D eigenvalue weighted by Crippen LogP contribution is -2.38.